The fourth-order valence-corrected chi connectivity index (χ4v) is 0. The molecule has 44 valence electrons. The molecule has 0 aliphatic heterocycles. The van der Waals surface area contributed by atoms with Gasteiger partial charge in [-0.1, -0.05) is 0 Å². The number of hydrogen-bond donors (Lipinski definition) is 2. The first-order valence-corrected chi connectivity index (χ1v) is 2.48. The molecular formula is H2NO5S-. The van der Waals surface area contributed by atoms with E-state index in [0.717, 1.165) is 0 Å². The summed E-state index contributed by atoms with van der Waals surface area (Å²) in [6, 6.07) is 0. The van der Waals surface area contributed by atoms with E-state index in [4.69, 9.17) is 15.0 Å². The summed E-state index contributed by atoms with van der Waals surface area (Å²) in [6.45, 7) is 0. The lowest BCUT2D eigenvalue weighted by molar-refractivity contribution is 0.0436. The molecule has 0 rings (SSSR count). The van der Waals surface area contributed by atoms with Crippen LogP contribution in [0.15, 0.2) is 0 Å². The molecule has 0 aliphatic carbocycles. The van der Waals surface area contributed by atoms with Crippen LogP contribution >= 0.6 is 0 Å². The summed E-state index contributed by atoms with van der Waals surface area (Å²) in [5.41, 5.74) is 0. The van der Waals surface area contributed by atoms with Crippen molar-refractivity contribution < 1.29 is 18.2 Å². The van der Waals surface area contributed by atoms with Gasteiger partial charge in [-0.3, -0.25) is 4.55 Å². The topological polar surface area (TPSA) is 101 Å². The van der Waals surface area contributed by atoms with E-state index in [0.29, 0.717) is 0 Å². The summed E-state index contributed by atoms with van der Waals surface area (Å²) >= 11 is 0. The van der Waals surface area contributed by atoms with Crippen molar-refractivity contribution in [2.24, 2.45) is 0 Å². The Morgan fingerprint density at radius 2 is 1.71 bits per heavy atom. The summed E-state index contributed by atoms with van der Waals surface area (Å²) in [5.74, 6) is 0. The highest BCUT2D eigenvalue weighted by molar-refractivity contribution is 7.83. The van der Waals surface area contributed by atoms with Crippen molar-refractivity contribution in [2.45, 2.75) is 0 Å². The Bertz CT molecular complexity index is 130. The van der Waals surface area contributed by atoms with E-state index in [1.807, 2.05) is 0 Å². The molecule has 0 saturated heterocycles. The number of nitrogens with zero attached hydrogens (tertiary/aromatic N) is 1. The summed E-state index contributed by atoms with van der Waals surface area (Å²) in [5, 5.41) is 16.4. The van der Waals surface area contributed by atoms with Crippen molar-refractivity contribution in [2.75, 3.05) is 0 Å². The Hall–Kier alpha value is -0.210. The van der Waals surface area contributed by atoms with Crippen LogP contribution in [0.3, 0.4) is 0 Å². The maximum atomic E-state index is 9.25. The minimum absolute atomic E-state index is 1.53. The SMILES string of the molecule is O=S(=O)(O)N([O-])O. The van der Waals surface area contributed by atoms with E-state index in [2.05, 4.69) is 0 Å². The highest BCUT2D eigenvalue weighted by atomic mass is 32.2. The predicted octanol–water partition coefficient (Wildman–Crippen LogP) is -1.02. The summed E-state index contributed by atoms with van der Waals surface area (Å²) in [7, 11) is -4.91. The third-order valence-electron chi connectivity index (χ3n) is 0.197. The van der Waals surface area contributed by atoms with Crippen LogP contribution in [0.4, 0.5) is 0 Å². The van der Waals surface area contributed by atoms with E-state index in [9.17, 15) is 8.42 Å². The molecule has 2 N–H and O–H groups in total. The van der Waals surface area contributed by atoms with Gasteiger partial charge in [-0.2, -0.15) is 8.42 Å². The molecule has 0 radical (unpaired) electrons. The van der Waals surface area contributed by atoms with Crippen LogP contribution < -0.4 is 0 Å². The molecule has 7 heavy (non-hydrogen) atoms. The Kier molecular flexibility index (Phi) is 1.67. The standard InChI is InChI=1S/H2NO5S/c2-1(3)7(4,5)6/h2H,(H,4,5,6)/q-1. The van der Waals surface area contributed by atoms with Gasteiger partial charge in [-0.05, 0) is 0 Å². The van der Waals surface area contributed by atoms with Crippen molar-refractivity contribution in [1.82, 2.24) is 4.63 Å². The van der Waals surface area contributed by atoms with E-state index in [1.54, 1.807) is 0 Å². The van der Waals surface area contributed by atoms with Crippen LogP contribution in [0.1, 0.15) is 0 Å². The van der Waals surface area contributed by atoms with E-state index in [-0.39, 0.29) is 0 Å². The van der Waals surface area contributed by atoms with Gasteiger partial charge in [-0.15, -0.1) is 4.63 Å². The number of rotatable bonds is 1. The fraction of sp³-hybridized carbons (Fsp3) is 0. The zero-order valence-corrected chi connectivity index (χ0v) is 3.79. The lowest BCUT2D eigenvalue weighted by atomic mass is 13.2. The van der Waals surface area contributed by atoms with E-state index >= 15 is 0 Å². The Morgan fingerprint density at radius 1 is 1.57 bits per heavy atom. The van der Waals surface area contributed by atoms with Crippen molar-refractivity contribution in [1.29, 1.82) is 0 Å². The van der Waals surface area contributed by atoms with Crippen LogP contribution in [-0.4, -0.2) is 22.8 Å². The first kappa shape index (κ1) is 6.79. The molecule has 0 bridgehead atoms. The van der Waals surface area contributed by atoms with Crippen LogP contribution in [0, 0.1) is 5.21 Å². The largest absolute Gasteiger partial charge is 0.747 e. The van der Waals surface area contributed by atoms with Gasteiger partial charge in [0.1, 0.15) is 0 Å². The lowest BCUT2D eigenvalue weighted by Crippen LogP contribution is -2.19. The third-order valence-corrected chi connectivity index (χ3v) is 0.592. The highest BCUT2D eigenvalue weighted by Crippen LogP contribution is 1.83. The minimum Gasteiger partial charge on any atom is -0.747 e. The molecule has 0 aromatic rings. The lowest BCUT2D eigenvalue weighted by Gasteiger charge is -2.12. The summed E-state index contributed by atoms with van der Waals surface area (Å²) < 4.78 is 24.4. The van der Waals surface area contributed by atoms with E-state index in [1.165, 1.54) is 0 Å². The van der Waals surface area contributed by atoms with Crippen LogP contribution in [-0.2, 0) is 10.3 Å². The van der Waals surface area contributed by atoms with Gasteiger partial charge in [0.2, 0.25) is 0 Å². The predicted molar refractivity (Wildman–Crippen MR) is 18.5 cm³/mol. The maximum Gasteiger partial charge on any atom is 0.347 e. The molecule has 0 amide bonds. The molecule has 0 aromatic carbocycles. The van der Waals surface area contributed by atoms with Crippen LogP contribution in [0.2, 0.25) is 0 Å². The molecule has 7 heteroatoms. The summed E-state index contributed by atoms with van der Waals surface area (Å²) in [6.07, 6.45) is 0. The second kappa shape index (κ2) is 1.72. The van der Waals surface area contributed by atoms with Crippen molar-refractivity contribution in [3.05, 3.63) is 5.21 Å². The van der Waals surface area contributed by atoms with Gasteiger partial charge in [0.05, 0.1) is 0 Å². The van der Waals surface area contributed by atoms with Crippen molar-refractivity contribution in [3.63, 3.8) is 0 Å². The van der Waals surface area contributed by atoms with Gasteiger partial charge < -0.3 is 10.4 Å². The van der Waals surface area contributed by atoms with Crippen LogP contribution in [0.5, 0.6) is 0 Å². The third kappa shape index (κ3) is 2.48. The Labute approximate surface area is 39.4 Å². The molecule has 0 heterocycles. The molecule has 0 atom stereocenters. The second-order valence-corrected chi connectivity index (χ2v) is 1.89. The average molecular weight is 128 g/mol. The molecule has 0 unspecified atom stereocenters. The first-order valence-electron chi connectivity index (χ1n) is 1.08. The van der Waals surface area contributed by atoms with Gasteiger partial charge in [0.25, 0.3) is 0 Å². The van der Waals surface area contributed by atoms with E-state index < -0.39 is 14.9 Å². The fourth-order valence-electron chi connectivity index (χ4n) is 0. The Balaban J connectivity index is 4.10. The maximum absolute atomic E-state index is 9.25. The molecule has 0 aliphatic rings. The minimum atomic E-state index is -4.91. The molecule has 0 saturated carbocycles. The molecule has 0 aromatic heterocycles. The highest BCUT2D eigenvalue weighted by Gasteiger charge is 2.00. The average Bonchev–Trinajstić information content (AvgIpc) is 1.31. The van der Waals surface area contributed by atoms with Gasteiger partial charge in [0, 0.05) is 0 Å². The number of hydrogen-bond acceptors (Lipinski definition) is 4. The van der Waals surface area contributed by atoms with Crippen molar-refractivity contribution >= 4 is 10.3 Å². The zero-order chi connectivity index (χ0) is 6.08. The van der Waals surface area contributed by atoms with Gasteiger partial charge in [0.15, 0.2) is 0 Å². The van der Waals surface area contributed by atoms with Gasteiger partial charge in [-0.25, -0.2) is 0 Å². The monoisotopic (exact) mass is 128 g/mol. The molecular weight excluding hydrogens is 126 g/mol. The first-order chi connectivity index (χ1) is 2.94. The summed E-state index contributed by atoms with van der Waals surface area (Å²) in [4.78, 5) is 0. The zero-order valence-electron chi connectivity index (χ0n) is 2.97. The smallest absolute Gasteiger partial charge is 0.347 e. The normalized spacial score (nSPS) is 12.6. The Morgan fingerprint density at radius 3 is 1.71 bits per heavy atom. The van der Waals surface area contributed by atoms with Crippen molar-refractivity contribution in [3.8, 4) is 0 Å². The van der Waals surface area contributed by atoms with Gasteiger partial charge >= 0.3 is 10.3 Å². The van der Waals surface area contributed by atoms with Crippen LogP contribution in [0.25, 0.3) is 0 Å². The second-order valence-electron chi connectivity index (χ2n) is 0.686. The molecule has 0 fully saturated rings. The quantitative estimate of drug-likeness (QED) is 0.347. The molecule has 0 spiro atoms. The molecule has 6 nitrogen and oxygen atoms in total.